The lowest BCUT2D eigenvalue weighted by Crippen LogP contribution is -1.90. The molecule has 0 amide bonds. The average Bonchev–Trinajstić information content (AvgIpc) is 2.95. The molecular weight excluding hydrogens is 190 g/mol. The summed E-state index contributed by atoms with van der Waals surface area (Å²) in [7, 11) is 0. The van der Waals surface area contributed by atoms with E-state index in [1.807, 2.05) is 17.8 Å². The first-order chi connectivity index (χ1) is 6.75. The van der Waals surface area contributed by atoms with Crippen LogP contribution in [0, 0.1) is 12.8 Å². The van der Waals surface area contributed by atoms with Gasteiger partial charge >= 0.3 is 0 Å². The fourth-order valence-electron chi connectivity index (χ4n) is 1.51. The maximum atomic E-state index is 5.90. The van der Waals surface area contributed by atoms with Crippen molar-refractivity contribution in [1.82, 2.24) is 0 Å². The van der Waals surface area contributed by atoms with E-state index in [0.29, 0.717) is 0 Å². The third-order valence-electron chi connectivity index (χ3n) is 2.65. The highest BCUT2D eigenvalue weighted by Gasteiger charge is 2.20. The predicted molar refractivity (Wildman–Crippen MR) is 63.7 cm³/mol. The number of benzene rings is 1. The highest BCUT2D eigenvalue weighted by atomic mass is 32.2. The van der Waals surface area contributed by atoms with Gasteiger partial charge in [-0.2, -0.15) is 0 Å². The summed E-state index contributed by atoms with van der Waals surface area (Å²) in [5.41, 5.74) is 8.13. The van der Waals surface area contributed by atoms with E-state index in [2.05, 4.69) is 19.1 Å². The first kappa shape index (κ1) is 9.91. The van der Waals surface area contributed by atoms with Crippen molar-refractivity contribution >= 4 is 17.4 Å². The third-order valence-corrected chi connectivity index (χ3v) is 3.75. The smallest absolute Gasteiger partial charge is 0.0452 e. The highest BCUT2D eigenvalue weighted by molar-refractivity contribution is 7.99. The Bertz CT molecular complexity index is 318. The molecule has 0 unspecified atom stereocenters. The van der Waals surface area contributed by atoms with Gasteiger partial charge in [-0.15, -0.1) is 11.8 Å². The number of aryl methyl sites for hydroxylation is 1. The molecule has 1 nitrogen and oxygen atoms in total. The molecule has 2 rings (SSSR count). The highest BCUT2D eigenvalue weighted by Crippen LogP contribution is 2.35. The second kappa shape index (κ2) is 4.26. The largest absolute Gasteiger partial charge is 0.398 e. The van der Waals surface area contributed by atoms with Crippen LogP contribution in [0.4, 0.5) is 5.69 Å². The van der Waals surface area contributed by atoms with Crippen LogP contribution in [0.2, 0.25) is 0 Å². The molecule has 0 atom stereocenters. The van der Waals surface area contributed by atoms with Crippen LogP contribution in [0.15, 0.2) is 23.1 Å². The standard InChI is InChI=1S/C12H17NS/c1-9-2-5-11(13)12(8-9)14-7-6-10-3-4-10/h2,5,8,10H,3-4,6-7,13H2,1H3. The van der Waals surface area contributed by atoms with Gasteiger partial charge in [0.2, 0.25) is 0 Å². The fraction of sp³-hybridized carbons (Fsp3) is 0.500. The van der Waals surface area contributed by atoms with Crippen LogP contribution in [0.1, 0.15) is 24.8 Å². The van der Waals surface area contributed by atoms with Gasteiger partial charge in [0.1, 0.15) is 0 Å². The molecule has 76 valence electrons. The third kappa shape index (κ3) is 2.68. The average molecular weight is 207 g/mol. The quantitative estimate of drug-likeness (QED) is 0.604. The SMILES string of the molecule is Cc1ccc(N)c(SCCC2CC2)c1. The van der Waals surface area contributed by atoms with E-state index in [4.69, 9.17) is 5.73 Å². The maximum absolute atomic E-state index is 5.90. The van der Waals surface area contributed by atoms with Crippen LogP contribution in [0.3, 0.4) is 0 Å². The van der Waals surface area contributed by atoms with E-state index in [0.717, 1.165) is 11.6 Å². The van der Waals surface area contributed by atoms with Crippen molar-refractivity contribution in [2.75, 3.05) is 11.5 Å². The van der Waals surface area contributed by atoms with Gasteiger partial charge in [-0.05, 0) is 42.7 Å². The molecule has 2 N–H and O–H groups in total. The second-order valence-electron chi connectivity index (χ2n) is 4.12. The van der Waals surface area contributed by atoms with E-state index in [-0.39, 0.29) is 0 Å². The molecule has 0 spiro atoms. The number of nitrogens with two attached hydrogens (primary N) is 1. The monoisotopic (exact) mass is 207 g/mol. The number of hydrogen-bond donors (Lipinski definition) is 1. The van der Waals surface area contributed by atoms with Crippen molar-refractivity contribution in [2.24, 2.45) is 5.92 Å². The topological polar surface area (TPSA) is 26.0 Å². The zero-order valence-electron chi connectivity index (χ0n) is 8.62. The molecule has 1 aromatic carbocycles. The molecule has 0 aromatic heterocycles. The Morgan fingerprint density at radius 1 is 1.43 bits per heavy atom. The number of thioether (sulfide) groups is 1. The van der Waals surface area contributed by atoms with Crippen molar-refractivity contribution < 1.29 is 0 Å². The molecule has 2 heteroatoms. The van der Waals surface area contributed by atoms with Crippen molar-refractivity contribution in [3.8, 4) is 0 Å². The lowest BCUT2D eigenvalue weighted by molar-refractivity contribution is 0.809. The Labute approximate surface area is 90.1 Å². The molecule has 1 aliphatic rings. The number of anilines is 1. The molecule has 1 aromatic rings. The van der Waals surface area contributed by atoms with Gasteiger partial charge in [-0.3, -0.25) is 0 Å². The van der Waals surface area contributed by atoms with Crippen LogP contribution >= 0.6 is 11.8 Å². The normalized spacial score (nSPS) is 15.8. The van der Waals surface area contributed by atoms with Crippen LogP contribution in [-0.2, 0) is 0 Å². The van der Waals surface area contributed by atoms with Gasteiger partial charge in [0.25, 0.3) is 0 Å². The predicted octanol–water partition coefficient (Wildman–Crippen LogP) is 3.47. The number of rotatable bonds is 4. The lowest BCUT2D eigenvalue weighted by Gasteiger charge is -2.05. The van der Waals surface area contributed by atoms with Gasteiger partial charge in [0, 0.05) is 10.6 Å². The molecule has 0 bridgehead atoms. The number of hydrogen-bond acceptors (Lipinski definition) is 2. The summed E-state index contributed by atoms with van der Waals surface area (Å²) in [4.78, 5) is 1.26. The first-order valence-corrected chi connectivity index (χ1v) is 6.23. The summed E-state index contributed by atoms with van der Waals surface area (Å²) in [6, 6.07) is 6.27. The second-order valence-corrected chi connectivity index (χ2v) is 5.26. The Balaban J connectivity index is 1.89. The molecule has 0 radical (unpaired) electrons. The molecule has 1 saturated carbocycles. The van der Waals surface area contributed by atoms with E-state index < -0.39 is 0 Å². The summed E-state index contributed by atoms with van der Waals surface area (Å²) >= 11 is 1.90. The lowest BCUT2D eigenvalue weighted by atomic mass is 10.2. The zero-order chi connectivity index (χ0) is 9.97. The Kier molecular flexibility index (Phi) is 3.02. The fourth-order valence-corrected chi connectivity index (χ4v) is 2.68. The van der Waals surface area contributed by atoms with Crippen molar-refractivity contribution in [3.05, 3.63) is 23.8 Å². The molecule has 0 aliphatic heterocycles. The van der Waals surface area contributed by atoms with E-state index >= 15 is 0 Å². The maximum Gasteiger partial charge on any atom is 0.0452 e. The minimum absolute atomic E-state index is 0.927. The van der Waals surface area contributed by atoms with Crippen LogP contribution in [-0.4, -0.2) is 5.75 Å². The zero-order valence-corrected chi connectivity index (χ0v) is 9.44. The van der Waals surface area contributed by atoms with E-state index in [1.165, 1.54) is 35.5 Å². The first-order valence-electron chi connectivity index (χ1n) is 5.24. The minimum atomic E-state index is 0.927. The molecule has 0 heterocycles. The van der Waals surface area contributed by atoms with Gasteiger partial charge in [-0.1, -0.05) is 18.9 Å². The van der Waals surface area contributed by atoms with Gasteiger partial charge in [0.05, 0.1) is 0 Å². The molecule has 14 heavy (non-hydrogen) atoms. The Morgan fingerprint density at radius 2 is 2.21 bits per heavy atom. The summed E-state index contributed by atoms with van der Waals surface area (Å²) < 4.78 is 0. The van der Waals surface area contributed by atoms with Crippen LogP contribution < -0.4 is 5.73 Å². The molecule has 0 saturated heterocycles. The summed E-state index contributed by atoms with van der Waals surface area (Å²) in [6.45, 7) is 2.12. The summed E-state index contributed by atoms with van der Waals surface area (Å²) in [6.07, 6.45) is 4.26. The van der Waals surface area contributed by atoms with Crippen LogP contribution in [0.25, 0.3) is 0 Å². The van der Waals surface area contributed by atoms with Gasteiger partial charge in [0.15, 0.2) is 0 Å². The van der Waals surface area contributed by atoms with E-state index in [1.54, 1.807) is 0 Å². The Morgan fingerprint density at radius 3 is 2.93 bits per heavy atom. The van der Waals surface area contributed by atoms with E-state index in [9.17, 15) is 0 Å². The van der Waals surface area contributed by atoms with Gasteiger partial charge < -0.3 is 5.73 Å². The van der Waals surface area contributed by atoms with Crippen LogP contribution in [0.5, 0.6) is 0 Å². The summed E-state index contributed by atoms with van der Waals surface area (Å²) in [5, 5.41) is 0. The molecule has 1 fully saturated rings. The Hall–Kier alpha value is -0.630. The molecule has 1 aliphatic carbocycles. The van der Waals surface area contributed by atoms with Crippen molar-refractivity contribution in [1.29, 1.82) is 0 Å². The summed E-state index contributed by atoms with van der Waals surface area (Å²) in [5.74, 6) is 2.24. The minimum Gasteiger partial charge on any atom is -0.398 e. The number of nitrogen functional groups attached to an aromatic ring is 1. The van der Waals surface area contributed by atoms with Crippen molar-refractivity contribution in [2.45, 2.75) is 31.1 Å². The van der Waals surface area contributed by atoms with Gasteiger partial charge in [-0.25, -0.2) is 0 Å². The molecular formula is C12H17NS. The van der Waals surface area contributed by atoms with Crippen molar-refractivity contribution in [3.63, 3.8) is 0 Å².